The number of aliphatic imine (C=N–C) groups is 1. The molecule has 0 amide bonds. The molecule has 0 saturated carbocycles. The van der Waals surface area contributed by atoms with Gasteiger partial charge in [0.15, 0.2) is 6.34 Å². The number of hydrogen-bond donors (Lipinski definition) is 1. The van der Waals surface area contributed by atoms with Crippen LogP contribution < -0.4 is 4.90 Å². The molecule has 0 aromatic carbocycles. The number of hydrogen-bond acceptors (Lipinski definition) is 2. The lowest BCUT2D eigenvalue weighted by Gasteiger charge is -1.99. The van der Waals surface area contributed by atoms with Crippen LogP contribution in [-0.2, 0) is 0 Å². The Hall–Kier alpha value is -0.280. The van der Waals surface area contributed by atoms with Crippen LogP contribution in [0.15, 0.2) is 17.4 Å². The van der Waals surface area contributed by atoms with E-state index in [1.165, 1.54) is 4.90 Å². The Bertz CT molecular complexity index is 108. The van der Waals surface area contributed by atoms with E-state index in [-0.39, 0.29) is 0 Å². The van der Waals surface area contributed by atoms with Crippen LogP contribution in [0.3, 0.4) is 0 Å². The molecule has 8 heavy (non-hydrogen) atoms. The van der Waals surface area contributed by atoms with Crippen molar-refractivity contribution in [3.05, 3.63) is 12.4 Å². The van der Waals surface area contributed by atoms with Gasteiger partial charge in [-0.2, -0.15) is 0 Å². The fourth-order valence-corrected chi connectivity index (χ4v) is 1.08. The summed E-state index contributed by atoms with van der Waals surface area (Å²) in [5, 5.41) is 0. The topological polar surface area (TPSA) is 16.8 Å². The highest BCUT2D eigenvalue weighted by atomic mass is 32.2. The zero-order valence-electron chi connectivity index (χ0n) is 4.79. The fraction of sp³-hybridized carbons (Fsp3) is 0.400. The molecular formula is C5H9N2S+. The average Bonchev–Trinajstić information content (AvgIpc) is 2.19. The van der Waals surface area contributed by atoms with Gasteiger partial charge >= 0.3 is 0 Å². The fourth-order valence-electron chi connectivity index (χ4n) is 0.573. The van der Waals surface area contributed by atoms with Gasteiger partial charge in [-0.05, 0) is 6.26 Å². The first-order valence-corrected chi connectivity index (χ1v) is 3.87. The average molecular weight is 129 g/mol. The maximum Gasteiger partial charge on any atom is 0.193 e. The quantitative estimate of drug-likeness (QED) is 0.542. The van der Waals surface area contributed by atoms with Gasteiger partial charge in [0.1, 0.15) is 12.1 Å². The minimum absolute atomic E-state index is 1.08. The Kier molecular flexibility index (Phi) is 2.11. The molecule has 1 rings (SSSR count). The van der Waals surface area contributed by atoms with Gasteiger partial charge < -0.3 is 0 Å². The number of nitrogens with zero attached hydrogens (tertiary/aromatic N) is 1. The third kappa shape index (κ3) is 1.35. The Labute approximate surface area is 53.3 Å². The third-order valence-electron chi connectivity index (χ3n) is 0.926. The summed E-state index contributed by atoms with van der Waals surface area (Å²) in [7, 11) is 0. The highest BCUT2D eigenvalue weighted by Gasteiger charge is 2.01. The van der Waals surface area contributed by atoms with Crippen molar-refractivity contribution in [2.24, 2.45) is 4.99 Å². The van der Waals surface area contributed by atoms with Crippen LogP contribution in [0, 0.1) is 0 Å². The second kappa shape index (κ2) is 2.89. The molecule has 1 unspecified atom stereocenters. The van der Waals surface area contributed by atoms with Crippen molar-refractivity contribution >= 4 is 18.1 Å². The van der Waals surface area contributed by atoms with E-state index in [2.05, 4.69) is 11.2 Å². The first kappa shape index (κ1) is 5.85. The minimum atomic E-state index is 1.08. The maximum atomic E-state index is 3.93. The molecule has 0 spiro atoms. The highest BCUT2D eigenvalue weighted by Crippen LogP contribution is 1.82. The van der Waals surface area contributed by atoms with Gasteiger partial charge in [0.2, 0.25) is 0 Å². The summed E-state index contributed by atoms with van der Waals surface area (Å²) in [6.45, 7) is 0. The molecule has 1 heterocycles. The van der Waals surface area contributed by atoms with Crippen LogP contribution in [0.25, 0.3) is 0 Å². The molecule has 1 atom stereocenters. The van der Waals surface area contributed by atoms with Gasteiger partial charge in [-0.3, -0.25) is 4.90 Å². The smallest absolute Gasteiger partial charge is 0.193 e. The highest BCUT2D eigenvalue weighted by molar-refractivity contribution is 7.98. The van der Waals surface area contributed by atoms with E-state index in [1.54, 1.807) is 0 Å². The Morgan fingerprint density at radius 3 is 3.12 bits per heavy atom. The van der Waals surface area contributed by atoms with Gasteiger partial charge in [0.05, 0.1) is 6.20 Å². The van der Waals surface area contributed by atoms with Crippen molar-refractivity contribution in [2.75, 3.05) is 12.1 Å². The Morgan fingerprint density at radius 1 is 1.75 bits per heavy atom. The number of rotatable bonds is 2. The van der Waals surface area contributed by atoms with Crippen molar-refractivity contribution < 1.29 is 4.90 Å². The molecule has 1 N–H and O–H groups in total. The van der Waals surface area contributed by atoms with Gasteiger partial charge in [-0.25, -0.2) is 4.99 Å². The van der Waals surface area contributed by atoms with E-state index in [1.807, 2.05) is 30.5 Å². The molecule has 0 radical (unpaired) electrons. The number of nitrogens with one attached hydrogen (secondary N) is 1. The van der Waals surface area contributed by atoms with E-state index in [0.29, 0.717) is 0 Å². The lowest BCUT2D eigenvalue weighted by atomic mass is 10.8. The van der Waals surface area contributed by atoms with Crippen LogP contribution in [0.1, 0.15) is 0 Å². The zero-order chi connectivity index (χ0) is 5.82. The first-order valence-electron chi connectivity index (χ1n) is 2.48. The van der Waals surface area contributed by atoms with Crippen LogP contribution in [-0.4, -0.2) is 18.5 Å². The van der Waals surface area contributed by atoms with E-state index in [4.69, 9.17) is 0 Å². The molecule has 0 fully saturated rings. The standard InChI is InChI=1S/C5H8N2S/c1-8-5-7-3-2-6-4-7/h2-4H,5H2,1H3/p+1. The molecule has 1 aliphatic rings. The predicted octanol–water partition coefficient (Wildman–Crippen LogP) is -0.295. The monoisotopic (exact) mass is 129 g/mol. The van der Waals surface area contributed by atoms with Crippen molar-refractivity contribution in [3.63, 3.8) is 0 Å². The lowest BCUT2D eigenvalue weighted by molar-refractivity contribution is -0.719. The molecule has 1 aliphatic heterocycles. The predicted molar refractivity (Wildman–Crippen MR) is 37.0 cm³/mol. The van der Waals surface area contributed by atoms with E-state index < -0.39 is 0 Å². The normalized spacial score (nSPS) is 24.9. The summed E-state index contributed by atoms with van der Waals surface area (Å²) >= 11 is 1.82. The van der Waals surface area contributed by atoms with Crippen LogP contribution in [0.4, 0.5) is 0 Å². The summed E-state index contributed by atoms with van der Waals surface area (Å²) < 4.78 is 0. The van der Waals surface area contributed by atoms with Crippen molar-refractivity contribution in [1.29, 1.82) is 0 Å². The van der Waals surface area contributed by atoms with Crippen molar-refractivity contribution in [1.82, 2.24) is 0 Å². The van der Waals surface area contributed by atoms with Gasteiger partial charge in [0, 0.05) is 0 Å². The third-order valence-corrected chi connectivity index (χ3v) is 1.55. The number of quaternary nitrogens is 1. The summed E-state index contributed by atoms with van der Waals surface area (Å²) in [6, 6.07) is 0. The maximum absolute atomic E-state index is 3.93. The molecule has 0 bridgehead atoms. The molecule has 2 nitrogen and oxygen atoms in total. The van der Waals surface area contributed by atoms with Gasteiger partial charge in [-0.1, -0.05) is 0 Å². The summed E-state index contributed by atoms with van der Waals surface area (Å²) in [6.07, 6.45) is 7.85. The molecule has 3 heteroatoms. The Morgan fingerprint density at radius 2 is 2.62 bits per heavy atom. The largest absolute Gasteiger partial charge is 0.256 e. The summed E-state index contributed by atoms with van der Waals surface area (Å²) in [4.78, 5) is 5.24. The summed E-state index contributed by atoms with van der Waals surface area (Å²) in [5.74, 6) is 1.08. The molecular weight excluding hydrogens is 120 g/mol. The van der Waals surface area contributed by atoms with Crippen LogP contribution in [0.2, 0.25) is 0 Å². The van der Waals surface area contributed by atoms with Crippen LogP contribution >= 0.6 is 11.8 Å². The molecule has 44 valence electrons. The van der Waals surface area contributed by atoms with Gasteiger partial charge in [0.25, 0.3) is 0 Å². The number of thioether (sulfide) groups is 1. The summed E-state index contributed by atoms with van der Waals surface area (Å²) in [5.41, 5.74) is 0. The first-order chi connectivity index (χ1) is 3.93. The lowest BCUT2D eigenvalue weighted by Crippen LogP contribution is -3.04. The van der Waals surface area contributed by atoms with E-state index in [0.717, 1.165) is 5.88 Å². The van der Waals surface area contributed by atoms with Crippen molar-refractivity contribution in [2.45, 2.75) is 0 Å². The minimum Gasteiger partial charge on any atom is -0.256 e. The second-order valence-corrected chi connectivity index (χ2v) is 2.47. The molecule has 0 aromatic rings. The molecule has 0 aliphatic carbocycles. The van der Waals surface area contributed by atoms with Crippen molar-refractivity contribution in [3.8, 4) is 0 Å². The SMILES string of the molecule is CSC[NH+]1C=CN=C1. The van der Waals surface area contributed by atoms with Crippen LogP contribution in [0.5, 0.6) is 0 Å². The molecule has 0 aromatic heterocycles. The molecule has 0 saturated heterocycles. The van der Waals surface area contributed by atoms with E-state index >= 15 is 0 Å². The zero-order valence-corrected chi connectivity index (χ0v) is 5.61. The van der Waals surface area contributed by atoms with Gasteiger partial charge in [-0.15, -0.1) is 11.8 Å². The van der Waals surface area contributed by atoms with E-state index in [9.17, 15) is 0 Å². The second-order valence-electron chi connectivity index (χ2n) is 1.60. The Balaban J connectivity index is 2.27.